The van der Waals surface area contributed by atoms with E-state index in [0.717, 1.165) is 5.56 Å². The largest absolute Gasteiger partial charge is 0.478 e. The van der Waals surface area contributed by atoms with E-state index in [4.69, 9.17) is 10.5 Å². The Hall–Kier alpha value is -0.510. The van der Waals surface area contributed by atoms with Crippen LogP contribution in [0.4, 0.5) is 0 Å². The number of halogens is 2. The maximum Gasteiger partial charge on any atom is 0.213 e. The molecule has 0 aliphatic heterocycles. The van der Waals surface area contributed by atoms with Crippen molar-refractivity contribution in [2.75, 3.05) is 6.61 Å². The molecule has 0 radical (unpaired) electrons. The van der Waals surface area contributed by atoms with E-state index >= 15 is 0 Å². The minimum atomic E-state index is 0. The molecule has 0 fully saturated rings. The quantitative estimate of drug-likeness (QED) is 0.852. The monoisotopic (exact) mass is 224 g/mol. The van der Waals surface area contributed by atoms with Crippen molar-refractivity contribution in [2.24, 2.45) is 5.73 Å². The van der Waals surface area contributed by atoms with Gasteiger partial charge in [-0.1, -0.05) is 0 Å². The lowest BCUT2D eigenvalue weighted by Gasteiger charge is -2.02. The minimum Gasteiger partial charge on any atom is -0.478 e. The highest BCUT2D eigenvalue weighted by Crippen LogP contribution is 2.07. The van der Waals surface area contributed by atoms with Crippen LogP contribution in [0.1, 0.15) is 12.5 Å². The molecule has 1 heterocycles. The molecular formula is C8H14Cl2N2O. The van der Waals surface area contributed by atoms with Gasteiger partial charge >= 0.3 is 0 Å². The number of rotatable bonds is 3. The highest BCUT2D eigenvalue weighted by atomic mass is 35.5. The summed E-state index contributed by atoms with van der Waals surface area (Å²) in [5.41, 5.74) is 6.48. The van der Waals surface area contributed by atoms with E-state index in [2.05, 4.69) is 4.98 Å². The Labute approximate surface area is 90.5 Å². The molecule has 0 spiro atoms. The van der Waals surface area contributed by atoms with E-state index in [1.54, 1.807) is 6.20 Å². The van der Waals surface area contributed by atoms with Gasteiger partial charge in [0.1, 0.15) is 0 Å². The summed E-state index contributed by atoms with van der Waals surface area (Å²) in [5, 5.41) is 0. The van der Waals surface area contributed by atoms with Gasteiger partial charge in [0.2, 0.25) is 5.88 Å². The van der Waals surface area contributed by atoms with Gasteiger partial charge in [-0.3, -0.25) is 0 Å². The Bertz CT molecular complexity index is 233. The summed E-state index contributed by atoms with van der Waals surface area (Å²) in [6.45, 7) is 3.10. The van der Waals surface area contributed by atoms with E-state index in [9.17, 15) is 0 Å². The van der Waals surface area contributed by atoms with Crippen molar-refractivity contribution >= 4 is 24.8 Å². The highest BCUT2D eigenvalue weighted by Gasteiger charge is 1.93. The molecule has 76 valence electrons. The van der Waals surface area contributed by atoms with Crippen LogP contribution in [0.3, 0.4) is 0 Å². The number of pyridine rings is 1. The SMILES string of the molecule is CCOc1cc(CN)ccn1.Cl.Cl. The van der Waals surface area contributed by atoms with Crippen molar-refractivity contribution in [3.05, 3.63) is 23.9 Å². The molecule has 0 atom stereocenters. The molecule has 1 rings (SSSR count). The number of nitrogens with two attached hydrogens (primary N) is 1. The molecule has 0 aliphatic rings. The van der Waals surface area contributed by atoms with Gasteiger partial charge in [0, 0.05) is 18.8 Å². The fraction of sp³-hybridized carbons (Fsp3) is 0.375. The number of ether oxygens (including phenoxy) is 1. The third-order valence-corrected chi connectivity index (χ3v) is 1.33. The van der Waals surface area contributed by atoms with Gasteiger partial charge in [-0.05, 0) is 18.6 Å². The first-order chi connectivity index (χ1) is 5.36. The lowest BCUT2D eigenvalue weighted by molar-refractivity contribution is 0.326. The van der Waals surface area contributed by atoms with Gasteiger partial charge in [-0.25, -0.2) is 4.98 Å². The summed E-state index contributed by atoms with van der Waals surface area (Å²) in [5.74, 6) is 0.649. The van der Waals surface area contributed by atoms with Gasteiger partial charge < -0.3 is 10.5 Å². The van der Waals surface area contributed by atoms with E-state index in [-0.39, 0.29) is 24.8 Å². The second kappa shape index (κ2) is 8.10. The maximum absolute atomic E-state index is 5.43. The van der Waals surface area contributed by atoms with Crippen LogP contribution in [0.25, 0.3) is 0 Å². The predicted molar refractivity (Wildman–Crippen MR) is 57.8 cm³/mol. The smallest absolute Gasteiger partial charge is 0.213 e. The Balaban J connectivity index is 0. The second-order valence-corrected chi connectivity index (χ2v) is 2.14. The first-order valence-corrected chi connectivity index (χ1v) is 3.64. The zero-order valence-electron chi connectivity index (χ0n) is 7.40. The summed E-state index contributed by atoms with van der Waals surface area (Å²) in [6.07, 6.45) is 1.70. The Morgan fingerprint density at radius 2 is 2.15 bits per heavy atom. The average Bonchev–Trinajstić information content (AvgIpc) is 2.06. The average molecular weight is 225 g/mol. The Morgan fingerprint density at radius 1 is 1.46 bits per heavy atom. The lowest BCUT2D eigenvalue weighted by Crippen LogP contribution is -1.99. The molecule has 3 nitrogen and oxygen atoms in total. The second-order valence-electron chi connectivity index (χ2n) is 2.14. The van der Waals surface area contributed by atoms with Gasteiger partial charge in [0.25, 0.3) is 0 Å². The van der Waals surface area contributed by atoms with Crippen LogP contribution in [0, 0.1) is 0 Å². The van der Waals surface area contributed by atoms with Gasteiger partial charge in [0.15, 0.2) is 0 Å². The summed E-state index contributed by atoms with van der Waals surface area (Å²) in [6, 6.07) is 3.73. The standard InChI is InChI=1S/C8H12N2O.2ClH/c1-2-11-8-5-7(6-9)3-4-10-8;;/h3-5H,2,6,9H2,1H3;2*1H. The molecule has 0 unspecified atom stereocenters. The number of aromatic nitrogens is 1. The van der Waals surface area contributed by atoms with Crippen LogP contribution < -0.4 is 10.5 Å². The Kier molecular flexibility index (Phi) is 9.34. The predicted octanol–water partition coefficient (Wildman–Crippen LogP) is 1.78. The molecule has 0 aromatic carbocycles. The van der Waals surface area contributed by atoms with Crippen molar-refractivity contribution in [1.82, 2.24) is 4.98 Å². The minimum absolute atomic E-state index is 0. The molecule has 5 heteroatoms. The molecule has 1 aromatic heterocycles. The van der Waals surface area contributed by atoms with Crippen molar-refractivity contribution in [1.29, 1.82) is 0 Å². The first-order valence-electron chi connectivity index (χ1n) is 3.64. The molecule has 0 bridgehead atoms. The molecule has 0 amide bonds. The molecular weight excluding hydrogens is 211 g/mol. The third-order valence-electron chi connectivity index (χ3n) is 1.33. The summed E-state index contributed by atoms with van der Waals surface area (Å²) < 4.78 is 5.18. The van der Waals surface area contributed by atoms with E-state index in [0.29, 0.717) is 19.0 Å². The molecule has 2 N–H and O–H groups in total. The zero-order chi connectivity index (χ0) is 8.10. The molecule has 0 aliphatic carbocycles. The fourth-order valence-corrected chi connectivity index (χ4v) is 0.804. The van der Waals surface area contributed by atoms with Crippen LogP contribution in [0.15, 0.2) is 18.3 Å². The third kappa shape index (κ3) is 4.93. The molecule has 13 heavy (non-hydrogen) atoms. The fourth-order valence-electron chi connectivity index (χ4n) is 0.804. The van der Waals surface area contributed by atoms with Gasteiger partial charge in [-0.15, -0.1) is 24.8 Å². The normalized spacial score (nSPS) is 8.15. The highest BCUT2D eigenvalue weighted by molar-refractivity contribution is 5.85. The van der Waals surface area contributed by atoms with E-state index < -0.39 is 0 Å². The lowest BCUT2D eigenvalue weighted by atomic mass is 10.3. The van der Waals surface area contributed by atoms with Crippen molar-refractivity contribution in [2.45, 2.75) is 13.5 Å². The molecule has 0 saturated carbocycles. The maximum atomic E-state index is 5.43. The van der Waals surface area contributed by atoms with E-state index in [1.165, 1.54) is 0 Å². The van der Waals surface area contributed by atoms with Crippen molar-refractivity contribution in [3.63, 3.8) is 0 Å². The van der Waals surface area contributed by atoms with Gasteiger partial charge in [-0.2, -0.15) is 0 Å². The summed E-state index contributed by atoms with van der Waals surface area (Å²) >= 11 is 0. The van der Waals surface area contributed by atoms with Crippen LogP contribution in [-0.4, -0.2) is 11.6 Å². The van der Waals surface area contributed by atoms with Crippen LogP contribution in [0.2, 0.25) is 0 Å². The number of nitrogens with zero attached hydrogens (tertiary/aromatic N) is 1. The summed E-state index contributed by atoms with van der Waals surface area (Å²) in [4.78, 5) is 4.00. The Morgan fingerprint density at radius 3 is 2.69 bits per heavy atom. The molecule has 0 saturated heterocycles. The number of hydrogen-bond donors (Lipinski definition) is 1. The van der Waals surface area contributed by atoms with Crippen LogP contribution >= 0.6 is 24.8 Å². The topological polar surface area (TPSA) is 48.1 Å². The van der Waals surface area contributed by atoms with Crippen molar-refractivity contribution in [3.8, 4) is 5.88 Å². The van der Waals surface area contributed by atoms with Crippen molar-refractivity contribution < 1.29 is 4.74 Å². The van der Waals surface area contributed by atoms with Crippen LogP contribution in [-0.2, 0) is 6.54 Å². The first kappa shape index (κ1) is 15.0. The summed E-state index contributed by atoms with van der Waals surface area (Å²) in [7, 11) is 0. The number of hydrogen-bond acceptors (Lipinski definition) is 3. The molecule has 1 aromatic rings. The zero-order valence-corrected chi connectivity index (χ0v) is 9.03. The van der Waals surface area contributed by atoms with E-state index in [1.807, 2.05) is 19.1 Å². The van der Waals surface area contributed by atoms with Crippen LogP contribution in [0.5, 0.6) is 5.88 Å². The van der Waals surface area contributed by atoms with Gasteiger partial charge in [0.05, 0.1) is 6.61 Å².